The van der Waals surface area contributed by atoms with Crippen molar-refractivity contribution >= 4 is 86.5 Å². The van der Waals surface area contributed by atoms with Gasteiger partial charge in [-0.25, -0.2) is 10.2 Å². The van der Waals surface area contributed by atoms with Crippen LogP contribution in [0, 0.1) is 6.92 Å². The molecule has 1 aliphatic rings. The second-order valence-electron chi connectivity index (χ2n) is 5.18. The molecule has 26 heavy (non-hydrogen) atoms. The van der Waals surface area contributed by atoms with Crippen molar-refractivity contribution in [3.63, 3.8) is 0 Å². The molecule has 2 aromatic rings. The van der Waals surface area contributed by atoms with E-state index in [1.165, 1.54) is 17.4 Å². The van der Waals surface area contributed by atoms with Gasteiger partial charge < -0.3 is 5.32 Å². The summed E-state index contributed by atoms with van der Waals surface area (Å²) in [5, 5.41) is 6.25. The Morgan fingerprint density at radius 1 is 1.27 bits per heavy atom. The number of carbonyl (C=O) groups is 2. The Labute approximate surface area is 173 Å². The molecule has 3 rings (SSSR count). The van der Waals surface area contributed by atoms with E-state index in [4.69, 9.17) is 35.4 Å². The van der Waals surface area contributed by atoms with E-state index >= 15 is 0 Å². The van der Waals surface area contributed by atoms with Gasteiger partial charge in [-0.15, -0.1) is 11.3 Å². The SMILES string of the molecule is Cc1ccsc1/C=C1/SC(=S)N(NC(=O)Nc2ccc(Cl)c(Cl)c2)C1=O. The first-order chi connectivity index (χ1) is 12.3. The number of carbonyl (C=O) groups excluding carboxylic acids is 2. The average molecular weight is 444 g/mol. The lowest BCUT2D eigenvalue weighted by Crippen LogP contribution is -2.46. The third-order valence-corrected chi connectivity index (χ3v) is 6.36. The van der Waals surface area contributed by atoms with E-state index in [-0.39, 0.29) is 10.2 Å². The number of anilines is 1. The number of hydrogen-bond acceptors (Lipinski definition) is 5. The van der Waals surface area contributed by atoms with E-state index in [1.54, 1.807) is 18.2 Å². The number of rotatable bonds is 3. The molecule has 2 N–H and O–H groups in total. The standard InChI is InChI=1S/C16H11Cl2N3O2S3/c1-8-4-5-25-12(8)7-13-14(22)21(16(24)26-13)20-15(23)19-9-2-3-10(17)11(18)6-9/h2-7H,1H3,(H2,19,20,23)/b13-7+. The minimum absolute atomic E-state index is 0.250. The van der Waals surface area contributed by atoms with Gasteiger partial charge in [-0.2, -0.15) is 5.01 Å². The van der Waals surface area contributed by atoms with Gasteiger partial charge in [0.25, 0.3) is 5.91 Å². The molecule has 2 heterocycles. The second-order valence-corrected chi connectivity index (χ2v) is 8.62. The zero-order chi connectivity index (χ0) is 18.8. The highest BCUT2D eigenvalue weighted by molar-refractivity contribution is 8.26. The Balaban J connectivity index is 1.69. The monoisotopic (exact) mass is 443 g/mol. The molecule has 0 radical (unpaired) electrons. The third-order valence-electron chi connectivity index (χ3n) is 3.35. The molecule has 1 aromatic carbocycles. The fourth-order valence-electron chi connectivity index (χ4n) is 2.05. The number of benzene rings is 1. The number of nitrogens with zero attached hydrogens (tertiary/aromatic N) is 1. The lowest BCUT2D eigenvalue weighted by atomic mass is 10.3. The molecule has 1 fully saturated rings. The minimum atomic E-state index is -0.617. The van der Waals surface area contributed by atoms with Crippen LogP contribution >= 0.6 is 58.5 Å². The number of urea groups is 1. The van der Waals surface area contributed by atoms with Crippen molar-refractivity contribution in [3.8, 4) is 0 Å². The van der Waals surface area contributed by atoms with Gasteiger partial charge in [-0.3, -0.25) is 4.79 Å². The van der Waals surface area contributed by atoms with Crippen LogP contribution in [0.5, 0.6) is 0 Å². The molecule has 0 bridgehead atoms. The van der Waals surface area contributed by atoms with Crippen LogP contribution in [0.3, 0.4) is 0 Å². The topological polar surface area (TPSA) is 61.4 Å². The van der Waals surface area contributed by atoms with Gasteiger partial charge in [0, 0.05) is 10.6 Å². The fraction of sp³-hybridized carbons (Fsp3) is 0.0625. The highest BCUT2D eigenvalue weighted by Gasteiger charge is 2.33. The van der Waals surface area contributed by atoms with Gasteiger partial charge in [0.2, 0.25) is 0 Å². The Hall–Kier alpha value is -1.58. The maximum Gasteiger partial charge on any atom is 0.338 e. The first kappa shape index (κ1) is 19.2. The third kappa shape index (κ3) is 4.21. The van der Waals surface area contributed by atoms with Crippen molar-refractivity contribution in [2.24, 2.45) is 0 Å². The smallest absolute Gasteiger partial charge is 0.307 e. The van der Waals surface area contributed by atoms with Crippen molar-refractivity contribution in [3.05, 3.63) is 55.0 Å². The molecule has 0 aliphatic carbocycles. The van der Waals surface area contributed by atoms with Crippen LogP contribution < -0.4 is 10.7 Å². The van der Waals surface area contributed by atoms with Crippen molar-refractivity contribution in [2.75, 3.05) is 5.32 Å². The summed E-state index contributed by atoms with van der Waals surface area (Å²) in [5.41, 5.74) is 3.96. The predicted molar refractivity (Wildman–Crippen MR) is 113 cm³/mol. The Bertz CT molecular complexity index is 943. The number of amides is 3. The first-order valence-electron chi connectivity index (χ1n) is 7.20. The summed E-state index contributed by atoms with van der Waals surface area (Å²) in [7, 11) is 0. The second kappa shape index (κ2) is 7.98. The molecule has 0 unspecified atom stereocenters. The van der Waals surface area contributed by atoms with Crippen LogP contribution in [0.15, 0.2) is 34.6 Å². The van der Waals surface area contributed by atoms with Gasteiger partial charge in [-0.05, 0) is 60.4 Å². The minimum Gasteiger partial charge on any atom is -0.307 e. The molecule has 0 saturated carbocycles. The van der Waals surface area contributed by atoms with E-state index in [0.29, 0.717) is 20.6 Å². The molecular weight excluding hydrogens is 433 g/mol. The highest BCUT2D eigenvalue weighted by Crippen LogP contribution is 2.33. The molecule has 134 valence electrons. The van der Waals surface area contributed by atoms with Gasteiger partial charge >= 0.3 is 6.03 Å². The number of hydrazine groups is 1. The van der Waals surface area contributed by atoms with Gasteiger partial charge in [0.15, 0.2) is 4.32 Å². The number of thiocarbonyl (C=S) groups is 1. The molecule has 10 heteroatoms. The molecule has 1 saturated heterocycles. The number of aryl methyl sites for hydroxylation is 1. The van der Waals surface area contributed by atoms with Gasteiger partial charge in [-0.1, -0.05) is 35.0 Å². The molecule has 0 atom stereocenters. The molecule has 3 amide bonds. The zero-order valence-electron chi connectivity index (χ0n) is 13.2. The van der Waals surface area contributed by atoms with Gasteiger partial charge in [0.05, 0.1) is 15.0 Å². The number of thioether (sulfide) groups is 1. The normalized spacial score (nSPS) is 15.7. The number of thiophene rings is 1. The van der Waals surface area contributed by atoms with Crippen molar-refractivity contribution in [1.29, 1.82) is 0 Å². The zero-order valence-corrected chi connectivity index (χ0v) is 17.2. The first-order valence-corrected chi connectivity index (χ1v) is 10.1. The van der Waals surface area contributed by atoms with E-state index < -0.39 is 6.03 Å². The van der Waals surface area contributed by atoms with Crippen LogP contribution in [0.4, 0.5) is 10.5 Å². The maximum atomic E-state index is 12.5. The van der Waals surface area contributed by atoms with Crippen LogP contribution in [-0.2, 0) is 4.79 Å². The molecule has 0 spiro atoms. The summed E-state index contributed by atoms with van der Waals surface area (Å²) in [6, 6.07) is 6.02. The Kier molecular flexibility index (Phi) is 5.89. The van der Waals surface area contributed by atoms with Crippen molar-refractivity contribution in [2.45, 2.75) is 6.92 Å². The predicted octanol–water partition coefficient (Wildman–Crippen LogP) is 5.30. The summed E-state index contributed by atoms with van der Waals surface area (Å²) in [4.78, 5) is 26.1. The summed E-state index contributed by atoms with van der Waals surface area (Å²) >= 11 is 19.6. The molecule has 1 aromatic heterocycles. The van der Waals surface area contributed by atoms with E-state index in [0.717, 1.165) is 27.2 Å². The van der Waals surface area contributed by atoms with Crippen LogP contribution in [0.25, 0.3) is 6.08 Å². The quantitative estimate of drug-likeness (QED) is 0.498. The Morgan fingerprint density at radius 2 is 2.04 bits per heavy atom. The summed E-state index contributed by atoms with van der Waals surface area (Å²) in [6.45, 7) is 1.96. The summed E-state index contributed by atoms with van der Waals surface area (Å²) in [5.74, 6) is -0.378. The van der Waals surface area contributed by atoms with Crippen molar-refractivity contribution in [1.82, 2.24) is 10.4 Å². The number of hydrogen-bond donors (Lipinski definition) is 2. The van der Waals surface area contributed by atoms with E-state index in [9.17, 15) is 9.59 Å². The number of nitrogens with one attached hydrogen (secondary N) is 2. The van der Waals surface area contributed by atoms with E-state index in [1.807, 2.05) is 18.4 Å². The van der Waals surface area contributed by atoms with Crippen LogP contribution in [0.1, 0.15) is 10.4 Å². The maximum absolute atomic E-state index is 12.5. The molecule has 1 aliphatic heterocycles. The Morgan fingerprint density at radius 3 is 2.69 bits per heavy atom. The van der Waals surface area contributed by atoms with E-state index in [2.05, 4.69) is 10.7 Å². The summed E-state index contributed by atoms with van der Waals surface area (Å²) in [6.07, 6.45) is 1.78. The lowest BCUT2D eigenvalue weighted by molar-refractivity contribution is -0.123. The average Bonchev–Trinajstić information content (AvgIpc) is 3.10. The molecular formula is C16H11Cl2N3O2S3. The number of halogens is 2. The largest absolute Gasteiger partial charge is 0.338 e. The lowest BCUT2D eigenvalue weighted by Gasteiger charge is -2.16. The highest BCUT2D eigenvalue weighted by atomic mass is 35.5. The van der Waals surface area contributed by atoms with Crippen molar-refractivity contribution < 1.29 is 9.59 Å². The fourth-order valence-corrected chi connectivity index (χ4v) is 4.44. The molecule has 5 nitrogen and oxygen atoms in total. The van der Waals surface area contributed by atoms with Crippen LogP contribution in [0.2, 0.25) is 10.0 Å². The summed E-state index contributed by atoms with van der Waals surface area (Å²) < 4.78 is 0.250. The van der Waals surface area contributed by atoms with Crippen LogP contribution in [-0.4, -0.2) is 21.3 Å². The van der Waals surface area contributed by atoms with Gasteiger partial charge in [0.1, 0.15) is 0 Å².